The van der Waals surface area contributed by atoms with Crippen molar-refractivity contribution in [1.29, 1.82) is 0 Å². The maximum atomic E-state index is 10.8. The Balaban J connectivity index is 1.99. The fraction of sp³-hybridized carbons (Fsp3) is 0.231. The molecule has 0 unspecified atom stereocenters. The summed E-state index contributed by atoms with van der Waals surface area (Å²) in [5.41, 5.74) is 3.60. The molecule has 1 aliphatic rings. The summed E-state index contributed by atoms with van der Waals surface area (Å²) in [5, 5.41) is 16.5. The molecular formula is C13H13N3O2. The molecule has 0 aliphatic carbocycles. The first-order valence-electron chi connectivity index (χ1n) is 5.86. The van der Waals surface area contributed by atoms with Crippen LogP contribution in [-0.4, -0.2) is 27.4 Å². The number of nitrogens with zero attached hydrogens (tertiary/aromatic N) is 2. The monoisotopic (exact) mass is 243 g/mol. The summed E-state index contributed by atoms with van der Waals surface area (Å²) < 4.78 is 1.87. The fourth-order valence-corrected chi connectivity index (χ4v) is 2.20. The van der Waals surface area contributed by atoms with Gasteiger partial charge in [-0.15, -0.1) is 0 Å². The maximum Gasteiger partial charge on any atom is 0.335 e. The average Bonchev–Trinajstić information content (AvgIpc) is 2.82. The first kappa shape index (κ1) is 11.0. The Labute approximate surface area is 104 Å². The largest absolute Gasteiger partial charge is 0.478 e. The predicted molar refractivity (Wildman–Crippen MR) is 65.9 cm³/mol. The molecule has 92 valence electrons. The zero-order valence-corrected chi connectivity index (χ0v) is 9.76. The second-order valence-corrected chi connectivity index (χ2v) is 4.31. The Bertz CT molecular complexity index is 587. The Morgan fingerprint density at radius 3 is 2.83 bits per heavy atom. The minimum absolute atomic E-state index is 0.290. The van der Waals surface area contributed by atoms with E-state index in [0.717, 1.165) is 30.9 Å². The molecule has 2 heterocycles. The molecule has 3 rings (SSSR count). The van der Waals surface area contributed by atoms with Crippen molar-refractivity contribution in [1.82, 2.24) is 15.1 Å². The third-order valence-electron chi connectivity index (χ3n) is 3.18. The lowest BCUT2D eigenvalue weighted by Gasteiger charge is -2.15. The van der Waals surface area contributed by atoms with E-state index in [2.05, 4.69) is 10.4 Å². The van der Waals surface area contributed by atoms with Gasteiger partial charge in [-0.05, 0) is 42.8 Å². The van der Waals surface area contributed by atoms with Crippen molar-refractivity contribution in [3.63, 3.8) is 0 Å². The zero-order valence-electron chi connectivity index (χ0n) is 9.76. The molecule has 18 heavy (non-hydrogen) atoms. The van der Waals surface area contributed by atoms with Gasteiger partial charge in [0.2, 0.25) is 0 Å². The minimum Gasteiger partial charge on any atom is -0.478 e. The standard InChI is InChI=1S/C13H13N3O2/c17-13(18)9-1-3-11(4-2-9)16-12-8-14-6-5-10(12)7-15-16/h1-4,7,14H,5-6,8H2,(H,17,18). The highest BCUT2D eigenvalue weighted by Gasteiger charge is 2.15. The van der Waals surface area contributed by atoms with Crippen LogP contribution in [0.2, 0.25) is 0 Å². The molecule has 0 saturated heterocycles. The first-order chi connectivity index (χ1) is 8.75. The number of aromatic carboxylic acids is 1. The number of benzene rings is 1. The number of aromatic nitrogens is 2. The van der Waals surface area contributed by atoms with Crippen LogP contribution in [-0.2, 0) is 13.0 Å². The average molecular weight is 243 g/mol. The summed E-state index contributed by atoms with van der Waals surface area (Å²) in [6, 6.07) is 6.76. The van der Waals surface area contributed by atoms with E-state index in [4.69, 9.17) is 5.11 Å². The van der Waals surface area contributed by atoms with Gasteiger partial charge in [0.15, 0.2) is 0 Å². The second-order valence-electron chi connectivity index (χ2n) is 4.31. The van der Waals surface area contributed by atoms with Crippen molar-refractivity contribution in [2.24, 2.45) is 0 Å². The lowest BCUT2D eigenvalue weighted by molar-refractivity contribution is 0.0697. The van der Waals surface area contributed by atoms with Crippen LogP contribution in [0.25, 0.3) is 5.69 Å². The summed E-state index contributed by atoms with van der Waals surface area (Å²) >= 11 is 0. The third kappa shape index (κ3) is 1.78. The smallest absolute Gasteiger partial charge is 0.335 e. The van der Waals surface area contributed by atoms with Crippen molar-refractivity contribution in [2.45, 2.75) is 13.0 Å². The molecule has 5 heteroatoms. The van der Waals surface area contributed by atoms with Gasteiger partial charge < -0.3 is 10.4 Å². The molecule has 0 atom stereocenters. The molecule has 0 radical (unpaired) electrons. The van der Waals surface area contributed by atoms with Crippen LogP contribution in [0.15, 0.2) is 30.5 Å². The van der Waals surface area contributed by atoms with Crippen molar-refractivity contribution in [2.75, 3.05) is 6.54 Å². The Morgan fingerprint density at radius 1 is 1.33 bits per heavy atom. The van der Waals surface area contributed by atoms with Gasteiger partial charge in [0, 0.05) is 6.54 Å². The fourth-order valence-electron chi connectivity index (χ4n) is 2.20. The van der Waals surface area contributed by atoms with Crippen molar-refractivity contribution < 1.29 is 9.90 Å². The van der Waals surface area contributed by atoms with Gasteiger partial charge in [0.1, 0.15) is 0 Å². The lowest BCUT2D eigenvalue weighted by Crippen LogP contribution is -2.24. The van der Waals surface area contributed by atoms with Crippen LogP contribution in [0.5, 0.6) is 0 Å². The number of hydrogen-bond acceptors (Lipinski definition) is 3. The number of nitrogens with one attached hydrogen (secondary N) is 1. The molecule has 2 aromatic rings. The van der Waals surface area contributed by atoms with Gasteiger partial charge in [0.05, 0.1) is 23.1 Å². The number of hydrogen-bond donors (Lipinski definition) is 2. The Morgan fingerprint density at radius 2 is 2.11 bits per heavy atom. The highest BCUT2D eigenvalue weighted by Crippen LogP contribution is 2.18. The molecule has 0 bridgehead atoms. The van der Waals surface area contributed by atoms with E-state index < -0.39 is 5.97 Å². The van der Waals surface area contributed by atoms with Crippen LogP contribution in [0.3, 0.4) is 0 Å². The van der Waals surface area contributed by atoms with Crippen LogP contribution in [0, 0.1) is 0 Å². The van der Waals surface area contributed by atoms with E-state index in [1.165, 1.54) is 5.56 Å². The SMILES string of the molecule is O=C(O)c1ccc(-n2ncc3c2CNCC3)cc1. The molecule has 0 fully saturated rings. The van der Waals surface area contributed by atoms with E-state index in [0.29, 0.717) is 0 Å². The van der Waals surface area contributed by atoms with E-state index >= 15 is 0 Å². The van der Waals surface area contributed by atoms with Crippen LogP contribution in [0.1, 0.15) is 21.6 Å². The Hall–Kier alpha value is -2.14. The summed E-state index contributed by atoms with van der Waals surface area (Å²) in [7, 11) is 0. The van der Waals surface area contributed by atoms with Gasteiger partial charge >= 0.3 is 5.97 Å². The molecule has 1 aromatic heterocycles. The topological polar surface area (TPSA) is 67.1 Å². The van der Waals surface area contributed by atoms with E-state index in [9.17, 15) is 4.79 Å². The summed E-state index contributed by atoms with van der Waals surface area (Å²) in [6.07, 6.45) is 2.88. The van der Waals surface area contributed by atoms with Crippen LogP contribution in [0.4, 0.5) is 0 Å². The quantitative estimate of drug-likeness (QED) is 0.832. The molecule has 1 aromatic carbocycles. The maximum absolute atomic E-state index is 10.8. The highest BCUT2D eigenvalue weighted by atomic mass is 16.4. The molecule has 0 saturated carbocycles. The predicted octanol–water partition coefficient (Wildman–Crippen LogP) is 1.22. The van der Waals surface area contributed by atoms with Gasteiger partial charge in [-0.3, -0.25) is 0 Å². The van der Waals surface area contributed by atoms with Gasteiger partial charge in [-0.1, -0.05) is 0 Å². The highest BCUT2D eigenvalue weighted by molar-refractivity contribution is 5.87. The number of rotatable bonds is 2. The van der Waals surface area contributed by atoms with E-state index in [1.807, 2.05) is 10.9 Å². The molecule has 1 aliphatic heterocycles. The van der Waals surface area contributed by atoms with Gasteiger partial charge in [-0.25, -0.2) is 9.48 Å². The normalized spacial score (nSPS) is 14.2. The van der Waals surface area contributed by atoms with E-state index in [-0.39, 0.29) is 5.56 Å². The molecule has 5 nitrogen and oxygen atoms in total. The van der Waals surface area contributed by atoms with Crippen molar-refractivity contribution >= 4 is 5.97 Å². The second kappa shape index (κ2) is 4.27. The van der Waals surface area contributed by atoms with Crippen molar-refractivity contribution in [3.8, 4) is 5.69 Å². The number of carbonyl (C=O) groups is 1. The number of carboxylic acids is 1. The van der Waals surface area contributed by atoms with Crippen LogP contribution >= 0.6 is 0 Å². The van der Waals surface area contributed by atoms with Crippen LogP contribution < -0.4 is 5.32 Å². The van der Waals surface area contributed by atoms with Gasteiger partial charge in [0.25, 0.3) is 0 Å². The molecule has 0 spiro atoms. The molecular weight excluding hydrogens is 230 g/mol. The first-order valence-corrected chi connectivity index (χ1v) is 5.86. The molecule has 2 N–H and O–H groups in total. The minimum atomic E-state index is -0.911. The zero-order chi connectivity index (χ0) is 12.5. The lowest BCUT2D eigenvalue weighted by atomic mass is 10.1. The van der Waals surface area contributed by atoms with E-state index in [1.54, 1.807) is 24.3 Å². The number of fused-ring (bicyclic) bond motifs is 1. The summed E-state index contributed by atoms with van der Waals surface area (Å²) in [6.45, 7) is 1.78. The summed E-state index contributed by atoms with van der Waals surface area (Å²) in [5.74, 6) is -0.911. The molecule has 0 amide bonds. The summed E-state index contributed by atoms with van der Waals surface area (Å²) in [4.78, 5) is 10.8. The van der Waals surface area contributed by atoms with Crippen molar-refractivity contribution in [3.05, 3.63) is 47.3 Å². The van der Waals surface area contributed by atoms with Gasteiger partial charge in [-0.2, -0.15) is 5.10 Å². The number of carboxylic acid groups (broad SMARTS) is 1. The third-order valence-corrected chi connectivity index (χ3v) is 3.18. The Kier molecular flexibility index (Phi) is 2.60.